The number of benzene rings is 5. The first-order valence-corrected chi connectivity index (χ1v) is 13.6. The molecule has 1 saturated heterocycles. The molecular formula is C31H27NS2. The van der Waals surface area contributed by atoms with Gasteiger partial charge in [-0.2, -0.15) is 0 Å². The standard InChI is InChI=1S/C31H27NS2/c1-2-8-23(9-3-1)20-32-21-30(33-28-16-14-24-10-4-6-12-26(24)18-28)31(22-32)34-29-17-15-25-11-5-7-13-27(25)19-29/h1-19,30-31H,20-22H2/t30-,31-/m0/s1. The van der Waals surface area contributed by atoms with Crippen LogP contribution in [0.2, 0.25) is 0 Å². The fraction of sp³-hybridized carbons (Fsp3) is 0.161. The van der Waals surface area contributed by atoms with E-state index >= 15 is 0 Å². The van der Waals surface area contributed by atoms with Crippen molar-refractivity contribution in [3.05, 3.63) is 121 Å². The predicted molar refractivity (Wildman–Crippen MR) is 149 cm³/mol. The van der Waals surface area contributed by atoms with Gasteiger partial charge in [-0.05, 0) is 51.4 Å². The Bertz CT molecular complexity index is 1330. The maximum Gasteiger partial charge on any atom is 0.0357 e. The molecule has 3 heteroatoms. The highest BCUT2D eigenvalue weighted by atomic mass is 32.2. The highest BCUT2D eigenvalue weighted by molar-refractivity contribution is 8.04. The minimum atomic E-state index is 0.543. The quantitative estimate of drug-likeness (QED) is 0.243. The van der Waals surface area contributed by atoms with Crippen LogP contribution in [-0.4, -0.2) is 28.5 Å². The van der Waals surface area contributed by atoms with Gasteiger partial charge in [-0.1, -0.05) is 91.0 Å². The highest BCUT2D eigenvalue weighted by Gasteiger charge is 2.34. The van der Waals surface area contributed by atoms with Crippen LogP contribution in [0.15, 0.2) is 125 Å². The second kappa shape index (κ2) is 9.87. The van der Waals surface area contributed by atoms with Crippen LogP contribution in [-0.2, 0) is 6.54 Å². The number of fused-ring (bicyclic) bond motifs is 2. The molecule has 0 bridgehead atoms. The van der Waals surface area contributed by atoms with E-state index in [1.807, 2.05) is 23.5 Å². The third-order valence-electron chi connectivity index (χ3n) is 6.56. The zero-order valence-corrected chi connectivity index (χ0v) is 20.6. The monoisotopic (exact) mass is 477 g/mol. The molecule has 1 aliphatic rings. The van der Waals surface area contributed by atoms with Crippen LogP contribution < -0.4 is 0 Å². The van der Waals surface area contributed by atoms with E-state index in [9.17, 15) is 0 Å². The summed E-state index contributed by atoms with van der Waals surface area (Å²) in [5.41, 5.74) is 1.40. The van der Waals surface area contributed by atoms with Crippen LogP contribution in [0.5, 0.6) is 0 Å². The van der Waals surface area contributed by atoms with Crippen molar-refractivity contribution in [2.45, 2.75) is 26.8 Å². The van der Waals surface area contributed by atoms with Crippen LogP contribution in [0.3, 0.4) is 0 Å². The van der Waals surface area contributed by atoms with Gasteiger partial charge in [-0.25, -0.2) is 0 Å². The zero-order chi connectivity index (χ0) is 22.7. The molecule has 1 fully saturated rings. The summed E-state index contributed by atoms with van der Waals surface area (Å²) in [5.74, 6) is 0. The fourth-order valence-corrected chi connectivity index (χ4v) is 7.61. The van der Waals surface area contributed by atoms with Gasteiger partial charge >= 0.3 is 0 Å². The molecule has 1 nitrogen and oxygen atoms in total. The van der Waals surface area contributed by atoms with Crippen molar-refractivity contribution in [3.8, 4) is 0 Å². The minimum absolute atomic E-state index is 0.543. The normalized spacial score (nSPS) is 18.6. The summed E-state index contributed by atoms with van der Waals surface area (Å²) in [6.45, 7) is 3.24. The van der Waals surface area contributed by atoms with Crippen molar-refractivity contribution in [2.75, 3.05) is 13.1 Å². The Morgan fingerprint density at radius 1 is 0.529 bits per heavy atom. The smallest absolute Gasteiger partial charge is 0.0357 e. The molecule has 5 aromatic carbocycles. The van der Waals surface area contributed by atoms with Gasteiger partial charge in [0.05, 0.1) is 0 Å². The van der Waals surface area contributed by atoms with E-state index < -0.39 is 0 Å². The van der Waals surface area contributed by atoms with Gasteiger partial charge in [0.25, 0.3) is 0 Å². The van der Waals surface area contributed by atoms with E-state index in [0.717, 1.165) is 19.6 Å². The van der Waals surface area contributed by atoms with Crippen LogP contribution in [0.4, 0.5) is 0 Å². The van der Waals surface area contributed by atoms with Crippen LogP contribution in [0.1, 0.15) is 5.56 Å². The molecule has 0 unspecified atom stereocenters. The van der Waals surface area contributed by atoms with Crippen molar-refractivity contribution in [3.63, 3.8) is 0 Å². The third kappa shape index (κ3) is 4.88. The average Bonchev–Trinajstić information content (AvgIpc) is 3.24. The number of rotatable bonds is 6. The Morgan fingerprint density at radius 2 is 1.00 bits per heavy atom. The summed E-state index contributed by atoms with van der Waals surface area (Å²) in [5, 5.41) is 6.36. The number of thioether (sulfide) groups is 2. The molecule has 2 atom stereocenters. The van der Waals surface area contributed by atoms with E-state index in [4.69, 9.17) is 0 Å². The minimum Gasteiger partial charge on any atom is -0.297 e. The zero-order valence-electron chi connectivity index (χ0n) is 19.0. The molecule has 34 heavy (non-hydrogen) atoms. The Balaban J connectivity index is 1.25. The van der Waals surface area contributed by atoms with Crippen LogP contribution >= 0.6 is 23.5 Å². The molecule has 0 saturated carbocycles. The van der Waals surface area contributed by atoms with Crippen molar-refractivity contribution in [1.82, 2.24) is 4.90 Å². The summed E-state index contributed by atoms with van der Waals surface area (Å²) in [6, 6.07) is 42.0. The lowest BCUT2D eigenvalue weighted by molar-refractivity contribution is 0.333. The summed E-state index contributed by atoms with van der Waals surface area (Å²) in [6.07, 6.45) is 0. The number of likely N-dealkylation sites (tertiary alicyclic amines) is 1. The van der Waals surface area contributed by atoms with Crippen molar-refractivity contribution < 1.29 is 0 Å². The fourth-order valence-electron chi connectivity index (χ4n) is 4.85. The number of hydrogen-bond donors (Lipinski definition) is 0. The largest absolute Gasteiger partial charge is 0.297 e. The average molecular weight is 478 g/mol. The molecule has 1 aliphatic heterocycles. The summed E-state index contributed by atoms with van der Waals surface area (Å²) in [4.78, 5) is 5.37. The Kier molecular flexibility index (Phi) is 6.33. The molecule has 0 radical (unpaired) electrons. The molecule has 1 heterocycles. The van der Waals surface area contributed by atoms with Gasteiger partial charge in [0.1, 0.15) is 0 Å². The summed E-state index contributed by atoms with van der Waals surface area (Å²) in [7, 11) is 0. The van der Waals surface area contributed by atoms with Crippen molar-refractivity contribution >= 4 is 45.1 Å². The first kappa shape index (κ1) is 21.8. The van der Waals surface area contributed by atoms with E-state index in [-0.39, 0.29) is 0 Å². The van der Waals surface area contributed by atoms with Gasteiger partial charge in [-0.3, -0.25) is 4.90 Å². The topological polar surface area (TPSA) is 3.24 Å². The van der Waals surface area contributed by atoms with Gasteiger partial charge in [0, 0.05) is 39.9 Å². The van der Waals surface area contributed by atoms with Gasteiger partial charge in [-0.15, -0.1) is 23.5 Å². The van der Waals surface area contributed by atoms with Crippen LogP contribution in [0.25, 0.3) is 21.5 Å². The molecule has 0 aliphatic carbocycles. The molecule has 0 amide bonds. The first-order valence-electron chi connectivity index (χ1n) is 11.9. The highest BCUT2D eigenvalue weighted by Crippen LogP contribution is 2.40. The number of hydrogen-bond acceptors (Lipinski definition) is 3. The predicted octanol–water partition coefficient (Wildman–Crippen LogP) is 8.13. The Labute approximate surface area is 210 Å². The van der Waals surface area contributed by atoms with Crippen LogP contribution in [0, 0.1) is 0 Å². The summed E-state index contributed by atoms with van der Waals surface area (Å²) >= 11 is 4.10. The lowest BCUT2D eigenvalue weighted by Gasteiger charge is -2.18. The van der Waals surface area contributed by atoms with E-state index in [1.54, 1.807) is 0 Å². The lowest BCUT2D eigenvalue weighted by atomic mass is 10.1. The van der Waals surface area contributed by atoms with Gasteiger partial charge in [0.2, 0.25) is 0 Å². The second-order valence-electron chi connectivity index (χ2n) is 9.01. The maximum absolute atomic E-state index is 2.63. The molecular weight excluding hydrogens is 450 g/mol. The summed E-state index contributed by atoms with van der Waals surface area (Å²) < 4.78 is 0. The lowest BCUT2D eigenvalue weighted by Crippen LogP contribution is -2.20. The van der Waals surface area contributed by atoms with Crippen molar-refractivity contribution in [1.29, 1.82) is 0 Å². The molecule has 0 spiro atoms. The molecule has 0 aromatic heterocycles. The molecule has 168 valence electrons. The van der Waals surface area contributed by atoms with Crippen molar-refractivity contribution in [2.24, 2.45) is 0 Å². The van der Waals surface area contributed by atoms with Gasteiger partial charge < -0.3 is 0 Å². The second-order valence-corrected chi connectivity index (χ2v) is 11.6. The van der Waals surface area contributed by atoms with E-state index in [0.29, 0.717) is 10.5 Å². The van der Waals surface area contributed by atoms with Gasteiger partial charge in [0.15, 0.2) is 0 Å². The SMILES string of the molecule is c1ccc(CN2C[C@H](Sc3ccc4ccccc4c3)[C@@H](Sc3ccc4ccccc4c3)C2)cc1. The Morgan fingerprint density at radius 3 is 1.53 bits per heavy atom. The third-order valence-corrected chi connectivity index (χ3v) is 9.34. The number of nitrogens with zero attached hydrogens (tertiary/aromatic N) is 1. The van der Waals surface area contributed by atoms with E-state index in [1.165, 1.54) is 36.9 Å². The van der Waals surface area contributed by atoms with E-state index in [2.05, 4.69) is 120 Å². The molecule has 5 aromatic rings. The Hall–Kier alpha value is -2.72. The first-order chi connectivity index (χ1) is 16.8. The maximum atomic E-state index is 2.63. The molecule has 0 N–H and O–H groups in total. The molecule has 6 rings (SSSR count).